The van der Waals surface area contributed by atoms with E-state index in [-0.39, 0.29) is 5.75 Å². The predicted molar refractivity (Wildman–Crippen MR) is 83.8 cm³/mol. The van der Waals surface area contributed by atoms with Crippen molar-refractivity contribution < 1.29 is 8.42 Å². The van der Waals surface area contributed by atoms with Crippen molar-refractivity contribution in [1.82, 2.24) is 9.55 Å². The number of aromatic nitrogens is 2. The highest BCUT2D eigenvalue weighted by molar-refractivity contribution is 7.98. The first-order valence-electron chi connectivity index (χ1n) is 6.34. The lowest BCUT2D eigenvalue weighted by molar-refractivity contribution is 0.583. The first kappa shape index (κ1) is 15.1. The standard InChI is InChI=1S/C14H18N2O2S2/c1-19-14-15-13(12-7-4-3-5-8-12)11-16(14)9-6-10-20(2,17)18/h3-5,7-8,11H,6,9-10H2,1-2H3. The van der Waals surface area contributed by atoms with Gasteiger partial charge in [-0.1, -0.05) is 42.1 Å². The molecule has 4 nitrogen and oxygen atoms in total. The first-order valence-corrected chi connectivity index (χ1v) is 9.62. The maximum atomic E-state index is 11.2. The van der Waals surface area contributed by atoms with Crippen molar-refractivity contribution >= 4 is 21.6 Å². The van der Waals surface area contributed by atoms with Crippen LogP contribution in [-0.2, 0) is 16.4 Å². The van der Waals surface area contributed by atoms with Gasteiger partial charge < -0.3 is 4.57 Å². The third-order valence-electron chi connectivity index (χ3n) is 2.91. The van der Waals surface area contributed by atoms with Gasteiger partial charge in [0.1, 0.15) is 9.84 Å². The van der Waals surface area contributed by atoms with E-state index in [2.05, 4.69) is 4.98 Å². The number of rotatable bonds is 6. The van der Waals surface area contributed by atoms with Gasteiger partial charge in [0.05, 0.1) is 11.4 Å². The van der Waals surface area contributed by atoms with Gasteiger partial charge in [-0.15, -0.1) is 0 Å². The van der Waals surface area contributed by atoms with Crippen molar-refractivity contribution in [3.05, 3.63) is 36.5 Å². The highest BCUT2D eigenvalue weighted by Gasteiger charge is 2.09. The third-order valence-corrected chi connectivity index (χ3v) is 4.63. The number of imidazole rings is 1. The molecule has 0 fully saturated rings. The van der Waals surface area contributed by atoms with Gasteiger partial charge in [0.15, 0.2) is 5.16 Å². The molecule has 0 aliphatic rings. The molecule has 1 aromatic carbocycles. The molecule has 0 aliphatic carbocycles. The Labute approximate surface area is 124 Å². The Morgan fingerprint density at radius 2 is 1.95 bits per heavy atom. The van der Waals surface area contributed by atoms with Crippen LogP contribution in [0.25, 0.3) is 11.3 Å². The SMILES string of the molecule is CSc1nc(-c2ccccc2)cn1CCCS(C)(=O)=O. The van der Waals surface area contributed by atoms with Crippen LogP contribution in [0.4, 0.5) is 0 Å². The van der Waals surface area contributed by atoms with Gasteiger partial charge in [-0.3, -0.25) is 0 Å². The molecule has 0 radical (unpaired) electrons. The lowest BCUT2D eigenvalue weighted by atomic mass is 10.2. The molecule has 0 atom stereocenters. The molecule has 20 heavy (non-hydrogen) atoms. The number of hydrogen-bond donors (Lipinski definition) is 0. The molecule has 0 unspecified atom stereocenters. The van der Waals surface area contributed by atoms with E-state index in [1.165, 1.54) is 6.26 Å². The maximum Gasteiger partial charge on any atom is 0.168 e. The van der Waals surface area contributed by atoms with Crippen molar-refractivity contribution in [2.24, 2.45) is 0 Å². The Morgan fingerprint density at radius 1 is 1.25 bits per heavy atom. The molecule has 0 amide bonds. The number of benzene rings is 1. The summed E-state index contributed by atoms with van der Waals surface area (Å²) in [5.41, 5.74) is 2.00. The van der Waals surface area contributed by atoms with E-state index < -0.39 is 9.84 Å². The molecule has 0 bridgehead atoms. The molecule has 0 saturated heterocycles. The highest BCUT2D eigenvalue weighted by atomic mass is 32.2. The van der Waals surface area contributed by atoms with Crippen LogP contribution in [0.15, 0.2) is 41.7 Å². The molecule has 0 aliphatic heterocycles. The molecule has 1 aromatic heterocycles. The van der Waals surface area contributed by atoms with Crippen molar-refractivity contribution in [1.29, 1.82) is 0 Å². The van der Waals surface area contributed by atoms with Gasteiger partial charge in [0.2, 0.25) is 0 Å². The van der Waals surface area contributed by atoms with Gasteiger partial charge in [-0.25, -0.2) is 13.4 Å². The Kier molecular flexibility index (Phi) is 4.88. The van der Waals surface area contributed by atoms with Crippen LogP contribution in [-0.4, -0.2) is 36.2 Å². The lowest BCUT2D eigenvalue weighted by Gasteiger charge is -2.04. The Balaban J connectivity index is 2.15. The van der Waals surface area contributed by atoms with Crippen LogP contribution in [0.3, 0.4) is 0 Å². The minimum absolute atomic E-state index is 0.208. The van der Waals surface area contributed by atoms with Crippen molar-refractivity contribution in [3.8, 4) is 11.3 Å². The molecule has 1 heterocycles. The van der Waals surface area contributed by atoms with Gasteiger partial charge in [0, 0.05) is 24.6 Å². The smallest absolute Gasteiger partial charge is 0.168 e. The van der Waals surface area contributed by atoms with Gasteiger partial charge in [-0.05, 0) is 12.7 Å². The van der Waals surface area contributed by atoms with E-state index in [0.717, 1.165) is 16.4 Å². The molecule has 6 heteroatoms. The van der Waals surface area contributed by atoms with Crippen LogP contribution >= 0.6 is 11.8 Å². The van der Waals surface area contributed by atoms with Crippen molar-refractivity contribution in [2.75, 3.05) is 18.3 Å². The Morgan fingerprint density at radius 3 is 2.55 bits per heavy atom. The number of hydrogen-bond acceptors (Lipinski definition) is 4. The summed E-state index contributed by atoms with van der Waals surface area (Å²) in [6, 6.07) is 9.98. The summed E-state index contributed by atoms with van der Waals surface area (Å²) in [6.07, 6.45) is 5.84. The van der Waals surface area contributed by atoms with E-state index in [4.69, 9.17) is 0 Å². The normalized spacial score (nSPS) is 11.7. The van der Waals surface area contributed by atoms with E-state index in [9.17, 15) is 8.42 Å². The average molecular weight is 310 g/mol. The van der Waals surface area contributed by atoms with Crippen LogP contribution in [0.1, 0.15) is 6.42 Å². The second-order valence-electron chi connectivity index (χ2n) is 4.66. The van der Waals surface area contributed by atoms with Crippen LogP contribution in [0, 0.1) is 0 Å². The maximum absolute atomic E-state index is 11.2. The zero-order valence-corrected chi connectivity index (χ0v) is 13.2. The summed E-state index contributed by atoms with van der Waals surface area (Å²) in [5, 5.41) is 0.914. The monoisotopic (exact) mass is 310 g/mol. The second kappa shape index (κ2) is 6.45. The van der Waals surface area contributed by atoms with Crippen molar-refractivity contribution in [3.63, 3.8) is 0 Å². The second-order valence-corrected chi connectivity index (χ2v) is 7.69. The molecule has 0 spiro atoms. The van der Waals surface area contributed by atoms with Gasteiger partial charge in [0.25, 0.3) is 0 Å². The van der Waals surface area contributed by atoms with Crippen LogP contribution in [0.2, 0.25) is 0 Å². The summed E-state index contributed by atoms with van der Waals surface area (Å²) in [7, 11) is -2.90. The quantitative estimate of drug-likeness (QED) is 0.770. The lowest BCUT2D eigenvalue weighted by Crippen LogP contribution is -2.07. The summed E-state index contributed by atoms with van der Waals surface area (Å²) in [5.74, 6) is 0.208. The minimum atomic E-state index is -2.90. The number of aryl methyl sites for hydroxylation is 1. The van der Waals surface area contributed by atoms with Crippen LogP contribution < -0.4 is 0 Å². The summed E-state index contributed by atoms with van der Waals surface area (Å²) in [4.78, 5) is 4.59. The molecular weight excluding hydrogens is 292 g/mol. The highest BCUT2D eigenvalue weighted by Crippen LogP contribution is 2.23. The fraction of sp³-hybridized carbons (Fsp3) is 0.357. The predicted octanol–water partition coefficient (Wildman–Crippen LogP) is 2.71. The molecule has 108 valence electrons. The largest absolute Gasteiger partial charge is 0.325 e. The van der Waals surface area contributed by atoms with E-state index in [1.807, 2.05) is 47.4 Å². The zero-order valence-electron chi connectivity index (χ0n) is 11.6. The number of nitrogens with zero attached hydrogens (tertiary/aromatic N) is 2. The first-order chi connectivity index (χ1) is 9.49. The summed E-state index contributed by atoms with van der Waals surface area (Å²) >= 11 is 1.57. The van der Waals surface area contributed by atoms with E-state index in [1.54, 1.807) is 11.8 Å². The molecule has 2 aromatic rings. The van der Waals surface area contributed by atoms with E-state index in [0.29, 0.717) is 13.0 Å². The average Bonchev–Trinajstić information content (AvgIpc) is 2.82. The molecule has 0 N–H and O–H groups in total. The molecular formula is C14H18N2O2S2. The fourth-order valence-electron chi connectivity index (χ4n) is 1.97. The van der Waals surface area contributed by atoms with Crippen molar-refractivity contribution in [2.45, 2.75) is 18.1 Å². The molecule has 2 rings (SSSR count). The van der Waals surface area contributed by atoms with E-state index >= 15 is 0 Å². The summed E-state index contributed by atoms with van der Waals surface area (Å²) in [6.45, 7) is 0.670. The minimum Gasteiger partial charge on any atom is -0.325 e. The fourth-order valence-corrected chi connectivity index (χ4v) is 3.19. The Hall–Kier alpha value is -1.27. The zero-order chi connectivity index (χ0) is 14.6. The Bertz CT molecular complexity index is 664. The van der Waals surface area contributed by atoms with Crippen LogP contribution in [0.5, 0.6) is 0 Å². The third kappa shape index (κ3) is 4.11. The summed E-state index contributed by atoms with van der Waals surface area (Å²) < 4.78 is 24.4. The van der Waals surface area contributed by atoms with Gasteiger partial charge >= 0.3 is 0 Å². The van der Waals surface area contributed by atoms with Gasteiger partial charge in [-0.2, -0.15) is 0 Å². The number of sulfone groups is 1. The topological polar surface area (TPSA) is 52.0 Å². The molecule has 0 saturated carbocycles. The number of thioether (sulfide) groups is 1.